The summed E-state index contributed by atoms with van der Waals surface area (Å²) < 4.78 is 0. The van der Waals surface area contributed by atoms with Crippen LogP contribution < -0.4 is 21.3 Å². The van der Waals surface area contributed by atoms with E-state index in [1.54, 1.807) is 42.2 Å². The van der Waals surface area contributed by atoms with Gasteiger partial charge in [0.1, 0.15) is 18.1 Å². The van der Waals surface area contributed by atoms with Crippen molar-refractivity contribution in [1.82, 2.24) is 31.2 Å². The smallest absolute Gasteiger partial charge is 0.255 e. The topological polar surface area (TPSA) is 150 Å². The van der Waals surface area contributed by atoms with E-state index >= 15 is 0 Å². The molecule has 2 bridgehead atoms. The number of benzene rings is 2. The van der Waals surface area contributed by atoms with Gasteiger partial charge in [-0.3, -0.25) is 29.0 Å². The van der Waals surface area contributed by atoms with E-state index in [-0.39, 0.29) is 24.2 Å². The number of aryl methyl sites for hydroxylation is 2. The number of amides is 5. The SMILES string of the molecule is Cc1ccc(C(=O)N2CCCCNC(=O)[C@@H](C)NC(=O)[C@H](CC(C)C)NC(=O)[C@@H](Cc3ccccc3)NC(=O)c3ccc(cc3)C2)c(C)n1. The Bertz CT molecular complexity index is 1630. The van der Waals surface area contributed by atoms with Gasteiger partial charge in [0, 0.05) is 37.3 Å². The maximum Gasteiger partial charge on any atom is 0.255 e. The molecule has 4 N–H and O–H groups in total. The summed E-state index contributed by atoms with van der Waals surface area (Å²) in [5.41, 5.74) is 4.01. The van der Waals surface area contributed by atoms with Crippen LogP contribution in [0.1, 0.15) is 83.3 Å². The summed E-state index contributed by atoms with van der Waals surface area (Å²) in [6, 6.07) is 17.1. The minimum absolute atomic E-state index is 0.0629. The molecule has 260 valence electrons. The molecule has 2 aliphatic heterocycles. The van der Waals surface area contributed by atoms with Crippen LogP contribution in [0.15, 0.2) is 66.7 Å². The van der Waals surface area contributed by atoms with Crippen LogP contribution in [0.3, 0.4) is 0 Å². The lowest BCUT2D eigenvalue weighted by atomic mass is 10.0. The zero-order chi connectivity index (χ0) is 35.5. The highest BCUT2D eigenvalue weighted by molar-refractivity contribution is 5.99. The summed E-state index contributed by atoms with van der Waals surface area (Å²) >= 11 is 0. The number of carbonyl (C=O) groups is 5. The van der Waals surface area contributed by atoms with Gasteiger partial charge in [-0.1, -0.05) is 56.3 Å². The molecule has 2 aromatic carbocycles. The molecule has 0 saturated carbocycles. The molecule has 0 saturated heterocycles. The third kappa shape index (κ3) is 10.7. The third-order valence-corrected chi connectivity index (χ3v) is 8.48. The summed E-state index contributed by atoms with van der Waals surface area (Å²) in [7, 11) is 0. The van der Waals surface area contributed by atoms with Gasteiger partial charge in [0.15, 0.2) is 0 Å². The van der Waals surface area contributed by atoms with Crippen molar-refractivity contribution in [3.63, 3.8) is 0 Å². The first-order chi connectivity index (χ1) is 23.4. The van der Waals surface area contributed by atoms with Crippen LogP contribution in [0.25, 0.3) is 0 Å². The minimum Gasteiger partial charge on any atom is -0.354 e. The Labute approximate surface area is 288 Å². The van der Waals surface area contributed by atoms with E-state index < -0.39 is 35.8 Å². The Morgan fingerprint density at radius 1 is 0.837 bits per heavy atom. The quantitative estimate of drug-likeness (QED) is 0.305. The normalized spacial score (nSPS) is 20.1. The highest BCUT2D eigenvalue weighted by Crippen LogP contribution is 2.16. The number of fused-ring (bicyclic) bond motifs is 18. The van der Waals surface area contributed by atoms with Crippen molar-refractivity contribution in [3.8, 4) is 0 Å². The number of pyridine rings is 1. The Balaban J connectivity index is 1.63. The van der Waals surface area contributed by atoms with Gasteiger partial charge < -0.3 is 26.2 Å². The molecule has 11 nitrogen and oxygen atoms in total. The van der Waals surface area contributed by atoms with Crippen molar-refractivity contribution in [1.29, 1.82) is 0 Å². The summed E-state index contributed by atoms with van der Waals surface area (Å²) in [5.74, 6) is -1.88. The molecular formula is C38H48N6O5. The van der Waals surface area contributed by atoms with E-state index in [2.05, 4.69) is 26.3 Å². The standard InChI is InChI=1S/C38H48N6O5/c1-24(2)21-32-36(47)41-27(5)34(45)39-19-9-10-20-44(38(49)31-18-13-25(3)40-26(31)4)23-29-14-16-30(17-15-29)35(46)42-33(37(48)43-32)22-28-11-7-6-8-12-28/h6-8,11-18,24,27,32-33H,9-10,19-23H2,1-5H3,(H,39,45)(H,41,47)(H,42,46)(H,43,48)/t27-,32+,33-/m1/s1. The molecule has 1 aromatic heterocycles. The lowest BCUT2D eigenvalue weighted by Gasteiger charge is -2.25. The number of hydrogen-bond donors (Lipinski definition) is 4. The van der Waals surface area contributed by atoms with E-state index in [0.29, 0.717) is 55.7 Å². The molecule has 49 heavy (non-hydrogen) atoms. The molecule has 0 aliphatic carbocycles. The molecular weight excluding hydrogens is 620 g/mol. The number of rotatable bonds is 5. The molecule has 5 amide bonds. The van der Waals surface area contributed by atoms with Gasteiger partial charge in [0.25, 0.3) is 11.8 Å². The molecule has 0 fully saturated rings. The summed E-state index contributed by atoms with van der Waals surface area (Å²) in [5, 5.41) is 11.3. The summed E-state index contributed by atoms with van der Waals surface area (Å²) in [6.45, 7) is 10.3. The Kier molecular flexibility index (Phi) is 13.0. The minimum atomic E-state index is -0.980. The van der Waals surface area contributed by atoms with Crippen molar-refractivity contribution in [3.05, 3.63) is 100 Å². The third-order valence-electron chi connectivity index (χ3n) is 8.48. The maximum absolute atomic E-state index is 13.8. The fourth-order valence-electron chi connectivity index (χ4n) is 5.77. The van der Waals surface area contributed by atoms with Crippen LogP contribution in [-0.4, -0.2) is 70.6 Å². The molecule has 5 rings (SSSR count). The average molecular weight is 669 g/mol. The Morgan fingerprint density at radius 3 is 2.20 bits per heavy atom. The molecule has 3 aromatic rings. The van der Waals surface area contributed by atoms with E-state index in [1.165, 1.54) is 0 Å². The van der Waals surface area contributed by atoms with Gasteiger partial charge in [0.05, 0.1) is 11.3 Å². The fourth-order valence-corrected chi connectivity index (χ4v) is 5.77. The number of carbonyl (C=O) groups excluding carboxylic acids is 5. The van der Waals surface area contributed by atoms with Crippen LogP contribution in [0, 0.1) is 19.8 Å². The molecule has 0 spiro atoms. The predicted molar refractivity (Wildman–Crippen MR) is 188 cm³/mol. The van der Waals surface area contributed by atoms with Crippen LogP contribution in [0.4, 0.5) is 0 Å². The molecule has 3 atom stereocenters. The van der Waals surface area contributed by atoms with Gasteiger partial charge in [-0.15, -0.1) is 0 Å². The second kappa shape index (κ2) is 17.4. The van der Waals surface area contributed by atoms with Crippen molar-refractivity contribution >= 4 is 29.5 Å². The summed E-state index contributed by atoms with van der Waals surface area (Å²) in [6.07, 6.45) is 1.77. The maximum atomic E-state index is 13.8. The number of nitrogens with zero attached hydrogens (tertiary/aromatic N) is 2. The number of aromatic nitrogens is 1. The monoisotopic (exact) mass is 668 g/mol. The molecule has 3 heterocycles. The lowest BCUT2D eigenvalue weighted by molar-refractivity contribution is -0.132. The van der Waals surface area contributed by atoms with Gasteiger partial charge in [-0.05, 0) is 81.3 Å². The molecule has 0 unspecified atom stereocenters. The van der Waals surface area contributed by atoms with Crippen LogP contribution in [-0.2, 0) is 27.3 Å². The number of nitrogens with one attached hydrogen (secondary N) is 4. The zero-order valence-electron chi connectivity index (χ0n) is 29.0. The van der Waals surface area contributed by atoms with Gasteiger partial charge >= 0.3 is 0 Å². The molecule has 11 heteroatoms. The Morgan fingerprint density at radius 2 is 1.53 bits per heavy atom. The average Bonchev–Trinajstić information content (AvgIpc) is 3.06. The Hall–Kier alpha value is -5.06. The van der Waals surface area contributed by atoms with E-state index in [4.69, 9.17) is 0 Å². The first-order valence-electron chi connectivity index (χ1n) is 17.0. The molecule has 0 radical (unpaired) electrons. The second-order valence-electron chi connectivity index (χ2n) is 13.1. The van der Waals surface area contributed by atoms with Crippen molar-refractivity contribution in [2.24, 2.45) is 5.92 Å². The number of hydrogen-bond acceptors (Lipinski definition) is 6. The van der Waals surface area contributed by atoms with Gasteiger partial charge in [-0.2, -0.15) is 0 Å². The lowest BCUT2D eigenvalue weighted by Crippen LogP contribution is -2.57. The highest BCUT2D eigenvalue weighted by Gasteiger charge is 2.30. The van der Waals surface area contributed by atoms with Crippen LogP contribution in [0.5, 0.6) is 0 Å². The van der Waals surface area contributed by atoms with E-state index in [1.807, 2.05) is 64.1 Å². The van der Waals surface area contributed by atoms with Gasteiger partial charge in [0.2, 0.25) is 17.7 Å². The van der Waals surface area contributed by atoms with E-state index in [9.17, 15) is 24.0 Å². The highest BCUT2D eigenvalue weighted by atomic mass is 16.2. The van der Waals surface area contributed by atoms with Crippen molar-refractivity contribution in [2.45, 2.75) is 85.0 Å². The van der Waals surface area contributed by atoms with Gasteiger partial charge in [-0.25, -0.2) is 0 Å². The van der Waals surface area contributed by atoms with Crippen LogP contribution >= 0.6 is 0 Å². The summed E-state index contributed by atoms with van der Waals surface area (Å²) in [4.78, 5) is 73.5. The zero-order valence-corrected chi connectivity index (χ0v) is 29.0. The first kappa shape index (κ1) is 36.8. The first-order valence-corrected chi connectivity index (χ1v) is 17.0. The van der Waals surface area contributed by atoms with Crippen molar-refractivity contribution < 1.29 is 24.0 Å². The van der Waals surface area contributed by atoms with Crippen molar-refractivity contribution in [2.75, 3.05) is 13.1 Å². The van der Waals surface area contributed by atoms with Crippen LogP contribution in [0.2, 0.25) is 0 Å². The second-order valence-corrected chi connectivity index (χ2v) is 13.1. The molecule has 2 aliphatic rings. The fraction of sp³-hybridized carbons (Fsp3) is 0.421. The predicted octanol–water partition coefficient (Wildman–Crippen LogP) is 3.63. The van der Waals surface area contributed by atoms with E-state index in [0.717, 1.165) is 16.8 Å². The largest absolute Gasteiger partial charge is 0.354 e.